The lowest BCUT2D eigenvalue weighted by Crippen LogP contribution is -2.35. The molecule has 1 unspecified atom stereocenters. The van der Waals surface area contributed by atoms with Gasteiger partial charge in [-0.15, -0.1) is 11.6 Å². The number of hydrogen-bond acceptors (Lipinski definition) is 3. The summed E-state index contributed by atoms with van der Waals surface area (Å²) in [6.07, 6.45) is 0. The van der Waals surface area contributed by atoms with E-state index in [9.17, 15) is 0 Å². The van der Waals surface area contributed by atoms with Gasteiger partial charge in [0.1, 0.15) is 5.82 Å². The number of aromatic nitrogens is 2. The average molecular weight is 344 g/mol. The predicted molar refractivity (Wildman–Crippen MR) is 92.8 cm³/mol. The first-order valence-corrected chi connectivity index (χ1v) is 9.22. The van der Waals surface area contributed by atoms with Gasteiger partial charge in [0.15, 0.2) is 0 Å². The van der Waals surface area contributed by atoms with Crippen LogP contribution in [0.3, 0.4) is 0 Å². The Kier molecular flexibility index (Phi) is 4.99. The molecular weight excluding hydrogens is 325 g/mol. The van der Waals surface area contributed by atoms with E-state index in [1.807, 2.05) is 36.9 Å². The summed E-state index contributed by atoms with van der Waals surface area (Å²) in [6.45, 7) is 6.29. The topological polar surface area (TPSA) is 21.1 Å². The van der Waals surface area contributed by atoms with E-state index in [-0.39, 0.29) is 5.38 Å². The maximum absolute atomic E-state index is 6.31. The van der Waals surface area contributed by atoms with Crippen molar-refractivity contribution in [1.29, 1.82) is 0 Å². The van der Waals surface area contributed by atoms with Gasteiger partial charge in [-0.2, -0.15) is 11.8 Å². The second-order valence-electron chi connectivity index (χ2n) is 5.32. The lowest BCUT2D eigenvalue weighted by molar-refractivity contribution is 0.289. The number of imidazole rings is 1. The standard InChI is InChI=1S/C15H19Cl2N3S/c1-11(16)15-18-13-10-12(17)2-3-14(13)20(15)5-4-19-6-8-21-9-7-19/h2-3,10-11H,4-9H2,1H3. The molecule has 3 nitrogen and oxygen atoms in total. The van der Waals surface area contributed by atoms with Crippen molar-refractivity contribution < 1.29 is 0 Å². The molecule has 0 spiro atoms. The Balaban J connectivity index is 1.86. The Morgan fingerprint density at radius 1 is 1.29 bits per heavy atom. The Bertz CT molecular complexity index is 621. The summed E-state index contributed by atoms with van der Waals surface area (Å²) in [4.78, 5) is 7.18. The highest BCUT2D eigenvalue weighted by Crippen LogP contribution is 2.26. The summed E-state index contributed by atoms with van der Waals surface area (Å²) >= 11 is 14.4. The van der Waals surface area contributed by atoms with Gasteiger partial charge >= 0.3 is 0 Å². The highest BCUT2D eigenvalue weighted by molar-refractivity contribution is 7.99. The monoisotopic (exact) mass is 343 g/mol. The molecule has 2 aromatic rings. The SMILES string of the molecule is CC(Cl)c1nc2cc(Cl)ccc2n1CCN1CCSCC1. The lowest BCUT2D eigenvalue weighted by atomic mass is 10.3. The van der Waals surface area contributed by atoms with E-state index < -0.39 is 0 Å². The molecule has 1 fully saturated rings. The fourth-order valence-corrected chi connectivity index (χ4v) is 4.04. The Hall–Kier alpha value is -0.420. The Morgan fingerprint density at radius 3 is 2.76 bits per heavy atom. The van der Waals surface area contributed by atoms with Crippen LogP contribution in [-0.2, 0) is 6.54 Å². The summed E-state index contributed by atoms with van der Waals surface area (Å²) in [5.74, 6) is 3.40. The normalized spacial score (nSPS) is 18.2. The van der Waals surface area contributed by atoms with Crippen LogP contribution in [-0.4, -0.2) is 45.6 Å². The summed E-state index contributed by atoms with van der Waals surface area (Å²) in [5, 5.41) is 0.613. The van der Waals surface area contributed by atoms with Gasteiger partial charge in [0, 0.05) is 42.7 Å². The van der Waals surface area contributed by atoms with E-state index in [1.165, 1.54) is 24.6 Å². The second-order valence-corrected chi connectivity index (χ2v) is 7.64. The highest BCUT2D eigenvalue weighted by atomic mass is 35.5. The minimum atomic E-state index is -0.104. The molecule has 0 N–H and O–H groups in total. The highest BCUT2D eigenvalue weighted by Gasteiger charge is 2.17. The third kappa shape index (κ3) is 3.50. The number of hydrogen-bond donors (Lipinski definition) is 0. The number of benzene rings is 1. The van der Waals surface area contributed by atoms with E-state index >= 15 is 0 Å². The summed E-state index contributed by atoms with van der Waals surface area (Å²) in [7, 11) is 0. The number of thioether (sulfide) groups is 1. The summed E-state index contributed by atoms with van der Waals surface area (Å²) in [5.41, 5.74) is 2.05. The van der Waals surface area contributed by atoms with Crippen LogP contribution in [0.15, 0.2) is 18.2 Å². The van der Waals surface area contributed by atoms with Gasteiger partial charge < -0.3 is 4.57 Å². The van der Waals surface area contributed by atoms with Gasteiger partial charge in [0.25, 0.3) is 0 Å². The number of halogens is 2. The minimum absolute atomic E-state index is 0.104. The number of nitrogens with zero attached hydrogens (tertiary/aromatic N) is 3. The number of alkyl halides is 1. The van der Waals surface area contributed by atoms with Gasteiger partial charge in [0.05, 0.1) is 16.4 Å². The van der Waals surface area contributed by atoms with Crippen molar-refractivity contribution >= 4 is 46.0 Å². The van der Waals surface area contributed by atoms with Gasteiger partial charge in [-0.05, 0) is 25.1 Å². The minimum Gasteiger partial charge on any atom is -0.325 e. The molecule has 114 valence electrons. The zero-order valence-corrected chi connectivity index (χ0v) is 14.4. The van der Waals surface area contributed by atoms with Crippen LogP contribution in [0.2, 0.25) is 5.02 Å². The van der Waals surface area contributed by atoms with Gasteiger partial charge in [-0.1, -0.05) is 11.6 Å². The second kappa shape index (κ2) is 6.78. The fourth-order valence-electron chi connectivity index (χ4n) is 2.73. The maximum atomic E-state index is 6.31. The van der Waals surface area contributed by atoms with Crippen molar-refractivity contribution in [2.75, 3.05) is 31.1 Å². The molecule has 3 rings (SSSR count). The van der Waals surface area contributed by atoms with Gasteiger partial charge in [-0.25, -0.2) is 4.98 Å². The Morgan fingerprint density at radius 2 is 2.05 bits per heavy atom. The van der Waals surface area contributed by atoms with Crippen LogP contribution in [0.5, 0.6) is 0 Å². The molecule has 1 aromatic carbocycles. The summed E-state index contributed by atoms with van der Waals surface area (Å²) in [6, 6.07) is 5.87. The van der Waals surface area contributed by atoms with Gasteiger partial charge in [0.2, 0.25) is 0 Å². The average Bonchev–Trinajstić information content (AvgIpc) is 2.84. The molecule has 2 heterocycles. The molecule has 1 aromatic heterocycles. The smallest absolute Gasteiger partial charge is 0.127 e. The van der Waals surface area contributed by atoms with E-state index in [0.717, 1.165) is 29.9 Å². The molecule has 0 amide bonds. The third-order valence-electron chi connectivity index (χ3n) is 3.84. The van der Waals surface area contributed by atoms with Crippen molar-refractivity contribution in [2.24, 2.45) is 0 Å². The zero-order valence-electron chi connectivity index (χ0n) is 12.1. The molecule has 0 saturated carbocycles. The van der Waals surface area contributed by atoms with E-state index in [4.69, 9.17) is 23.2 Å². The molecule has 1 atom stereocenters. The zero-order chi connectivity index (χ0) is 14.8. The quantitative estimate of drug-likeness (QED) is 0.781. The van der Waals surface area contributed by atoms with Crippen LogP contribution < -0.4 is 0 Å². The fraction of sp³-hybridized carbons (Fsp3) is 0.533. The molecule has 1 aliphatic heterocycles. The van der Waals surface area contributed by atoms with Crippen LogP contribution in [0, 0.1) is 0 Å². The van der Waals surface area contributed by atoms with Gasteiger partial charge in [-0.3, -0.25) is 4.90 Å². The van der Waals surface area contributed by atoms with Crippen molar-refractivity contribution in [3.8, 4) is 0 Å². The summed E-state index contributed by atoms with van der Waals surface area (Å²) < 4.78 is 2.24. The van der Waals surface area contributed by atoms with E-state index in [0.29, 0.717) is 5.02 Å². The van der Waals surface area contributed by atoms with Crippen molar-refractivity contribution in [1.82, 2.24) is 14.5 Å². The molecule has 0 bridgehead atoms. The van der Waals surface area contributed by atoms with Crippen LogP contribution in [0.25, 0.3) is 11.0 Å². The van der Waals surface area contributed by atoms with Crippen LogP contribution >= 0.6 is 35.0 Å². The van der Waals surface area contributed by atoms with Crippen molar-refractivity contribution in [2.45, 2.75) is 18.8 Å². The van der Waals surface area contributed by atoms with Crippen LogP contribution in [0.1, 0.15) is 18.1 Å². The third-order valence-corrected chi connectivity index (χ3v) is 5.21. The molecule has 0 radical (unpaired) electrons. The maximum Gasteiger partial charge on any atom is 0.127 e. The number of fused-ring (bicyclic) bond motifs is 1. The van der Waals surface area contributed by atoms with E-state index in [2.05, 4.69) is 14.5 Å². The predicted octanol–water partition coefficient (Wildman–Crippen LogP) is 4.04. The molecular formula is C15H19Cl2N3S. The molecule has 0 aliphatic carbocycles. The molecule has 6 heteroatoms. The van der Waals surface area contributed by atoms with Crippen molar-refractivity contribution in [3.05, 3.63) is 29.0 Å². The first kappa shape index (κ1) is 15.5. The van der Waals surface area contributed by atoms with E-state index in [1.54, 1.807) is 0 Å². The molecule has 1 saturated heterocycles. The Labute approximate surface area is 139 Å². The molecule has 21 heavy (non-hydrogen) atoms. The van der Waals surface area contributed by atoms with Crippen LogP contribution in [0.4, 0.5) is 0 Å². The lowest BCUT2D eigenvalue weighted by Gasteiger charge is -2.26. The largest absolute Gasteiger partial charge is 0.325 e. The molecule has 1 aliphatic rings. The van der Waals surface area contributed by atoms with Crippen molar-refractivity contribution in [3.63, 3.8) is 0 Å². The first-order valence-electron chi connectivity index (χ1n) is 7.25. The number of rotatable bonds is 4. The first-order chi connectivity index (χ1) is 10.1.